The van der Waals surface area contributed by atoms with E-state index in [-0.39, 0.29) is 5.91 Å². The van der Waals surface area contributed by atoms with Crippen LogP contribution in [0.15, 0.2) is 58.3 Å². The minimum Gasteiger partial charge on any atom is -0.351 e. The average molecular weight is 456 g/mol. The van der Waals surface area contributed by atoms with E-state index in [1.807, 2.05) is 42.5 Å². The fourth-order valence-corrected chi connectivity index (χ4v) is 5.64. The van der Waals surface area contributed by atoms with Crippen LogP contribution in [0.25, 0.3) is 10.9 Å². The number of nitrogens with one attached hydrogen (secondary N) is 2. The fraction of sp³-hybridized carbons (Fsp3) is 0.400. The summed E-state index contributed by atoms with van der Waals surface area (Å²) in [5.41, 5.74) is 1.60. The normalized spacial score (nSPS) is 19.6. The van der Waals surface area contributed by atoms with Crippen molar-refractivity contribution < 1.29 is 4.79 Å². The fourth-order valence-electron chi connectivity index (χ4n) is 4.47. The van der Waals surface area contributed by atoms with E-state index in [1.165, 1.54) is 19.3 Å². The van der Waals surface area contributed by atoms with Gasteiger partial charge in [-0.15, -0.1) is 0 Å². The summed E-state index contributed by atoms with van der Waals surface area (Å²) in [6, 6.07) is 17.0. The monoisotopic (exact) mass is 455 g/mol. The molecule has 31 heavy (non-hydrogen) atoms. The van der Waals surface area contributed by atoms with E-state index < -0.39 is 0 Å². The number of nitrogens with zero attached hydrogens (tertiary/aromatic N) is 1. The van der Waals surface area contributed by atoms with Gasteiger partial charge in [-0.1, -0.05) is 48.0 Å². The molecule has 0 saturated carbocycles. The quantitative estimate of drug-likeness (QED) is 0.408. The predicted octanol–water partition coefficient (Wildman–Crippen LogP) is 6.36. The minimum atomic E-state index is -0.0487. The molecule has 0 aliphatic carbocycles. The number of aromatic nitrogens is 1. The lowest BCUT2D eigenvalue weighted by atomic mass is 9.97. The van der Waals surface area contributed by atoms with Crippen molar-refractivity contribution in [3.63, 3.8) is 0 Å². The highest BCUT2D eigenvalue weighted by molar-refractivity contribution is 7.99. The highest BCUT2D eigenvalue weighted by atomic mass is 35.5. The van der Waals surface area contributed by atoms with Gasteiger partial charge < -0.3 is 10.3 Å². The van der Waals surface area contributed by atoms with Crippen molar-refractivity contribution in [2.24, 2.45) is 0 Å². The largest absolute Gasteiger partial charge is 0.351 e. The summed E-state index contributed by atoms with van der Waals surface area (Å²) in [5, 5.41) is 4.90. The second-order valence-electron chi connectivity index (χ2n) is 8.41. The lowest BCUT2D eigenvalue weighted by molar-refractivity contribution is 0.0919. The van der Waals surface area contributed by atoms with Gasteiger partial charge in [0.05, 0.1) is 4.90 Å². The molecule has 2 heterocycles. The number of carbonyl (C=O) groups is 1. The lowest BCUT2D eigenvalue weighted by Crippen LogP contribution is -2.44. The Morgan fingerprint density at radius 2 is 1.84 bits per heavy atom. The van der Waals surface area contributed by atoms with Gasteiger partial charge in [-0.2, -0.15) is 0 Å². The first-order valence-corrected chi connectivity index (χ1v) is 12.3. The van der Waals surface area contributed by atoms with E-state index in [2.05, 4.69) is 35.1 Å². The van der Waals surface area contributed by atoms with Gasteiger partial charge in [-0.3, -0.25) is 9.69 Å². The van der Waals surface area contributed by atoms with Gasteiger partial charge in [-0.25, -0.2) is 0 Å². The first kappa shape index (κ1) is 22.3. The first-order chi connectivity index (χ1) is 15.0. The molecule has 164 valence electrons. The van der Waals surface area contributed by atoms with Crippen LogP contribution in [-0.4, -0.2) is 41.0 Å². The molecule has 0 spiro atoms. The molecule has 1 saturated heterocycles. The van der Waals surface area contributed by atoms with Crippen molar-refractivity contribution in [3.05, 3.63) is 59.2 Å². The number of benzene rings is 2. The number of aromatic amines is 1. The van der Waals surface area contributed by atoms with Crippen molar-refractivity contribution in [1.29, 1.82) is 0 Å². The van der Waals surface area contributed by atoms with Crippen LogP contribution in [0, 0.1) is 0 Å². The third-order valence-corrected chi connectivity index (χ3v) is 7.56. The molecule has 4 nitrogen and oxygen atoms in total. The van der Waals surface area contributed by atoms with Crippen LogP contribution in [0.2, 0.25) is 5.02 Å². The van der Waals surface area contributed by atoms with Crippen molar-refractivity contribution in [2.45, 2.75) is 61.4 Å². The first-order valence-electron chi connectivity index (χ1n) is 11.1. The third kappa shape index (κ3) is 5.28. The number of amides is 1. The Bertz CT molecular complexity index is 1020. The Hall–Kier alpha value is -1.95. The van der Waals surface area contributed by atoms with Crippen LogP contribution in [0.4, 0.5) is 0 Å². The van der Waals surface area contributed by atoms with Crippen molar-refractivity contribution in [3.8, 4) is 0 Å². The number of halogens is 1. The SMILES string of the molecule is C[C@H]1CCC[C@H](C)N1CCCNC(=O)c1[nH]c2ccccc2c1Sc1ccc(Cl)cc1. The number of fused-ring (bicyclic) bond motifs is 1. The van der Waals surface area contributed by atoms with E-state index in [0.717, 1.165) is 33.7 Å². The number of carbonyl (C=O) groups excluding carboxylic acids is 1. The van der Waals surface area contributed by atoms with Crippen LogP contribution in [0.1, 0.15) is 50.0 Å². The molecule has 0 bridgehead atoms. The number of para-hydroxylation sites is 1. The zero-order valence-electron chi connectivity index (χ0n) is 18.2. The van der Waals surface area contributed by atoms with Crippen molar-refractivity contribution in [1.82, 2.24) is 15.2 Å². The number of piperidine rings is 1. The van der Waals surface area contributed by atoms with Crippen LogP contribution >= 0.6 is 23.4 Å². The number of H-pyrrole nitrogens is 1. The van der Waals surface area contributed by atoms with Gasteiger partial charge in [0, 0.05) is 46.0 Å². The van der Waals surface area contributed by atoms with Crippen molar-refractivity contribution in [2.75, 3.05) is 13.1 Å². The summed E-state index contributed by atoms with van der Waals surface area (Å²) in [6.07, 6.45) is 4.83. The molecule has 4 rings (SSSR count). The van der Waals surface area contributed by atoms with Gasteiger partial charge in [-0.05, 0) is 63.4 Å². The maximum atomic E-state index is 13.1. The Balaban J connectivity index is 1.44. The zero-order chi connectivity index (χ0) is 21.8. The number of hydrogen-bond donors (Lipinski definition) is 2. The van der Waals surface area contributed by atoms with Gasteiger partial charge >= 0.3 is 0 Å². The van der Waals surface area contributed by atoms with Crippen LogP contribution in [0.5, 0.6) is 0 Å². The topological polar surface area (TPSA) is 48.1 Å². The van der Waals surface area contributed by atoms with E-state index in [0.29, 0.717) is 29.3 Å². The van der Waals surface area contributed by atoms with Crippen LogP contribution in [-0.2, 0) is 0 Å². The van der Waals surface area contributed by atoms with E-state index in [4.69, 9.17) is 11.6 Å². The molecule has 1 aromatic heterocycles. The van der Waals surface area contributed by atoms with E-state index in [1.54, 1.807) is 11.8 Å². The summed E-state index contributed by atoms with van der Waals surface area (Å²) < 4.78 is 0. The van der Waals surface area contributed by atoms with Crippen LogP contribution < -0.4 is 5.32 Å². The molecule has 2 atom stereocenters. The number of hydrogen-bond acceptors (Lipinski definition) is 3. The lowest BCUT2D eigenvalue weighted by Gasteiger charge is -2.39. The molecular weight excluding hydrogens is 426 g/mol. The Morgan fingerprint density at radius 1 is 1.13 bits per heavy atom. The number of likely N-dealkylation sites (tertiary alicyclic amines) is 1. The molecule has 0 radical (unpaired) electrons. The zero-order valence-corrected chi connectivity index (χ0v) is 19.7. The highest BCUT2D eigenvalue weighted by Gasteiger charge is 2.24. The predicted molar refractivity (Wildman–Crippen MR) is 130 cm³/mol. The molecule has 1 amide bonds. The second-order valence-corrected chi connectivity index (χ2v) is 9.93. The van der Waals surface area contributed by atoms with Gasteiger partial charge in [0.15, 0.2) is 0 Å². The van der Waals surface area contributed by atoms with Gasteiger partial charge in [0.2, 0.25) is 0 Å². The third-order valence-electron chi connectivity index (χ3n) is 6.17. The van der Waals surface area contributed by atoms with Crippen molar-refractivity contribution >= 4 is 40.2 Å². The van der Waals surface area contributed by atoms with Gasteiger partial charge in [0.25, 0.3) is 5.91 Å². The Kier molecular flexibility index (Phi) is 7.26. The molecule has 2 N–H and O–H groups in total. The molecule has 1 aliphatic rings. The number of rotatable bonds is 7. The van der Waals surface area contributed by atoms with E-state index >= 15 is 0 Å². The molecule has 1 aliphatic heterocycles. The molecule has 6 heteroatoms. The maximum Gasteiger partial charge on any atom is 0.268 e. The summed E-state index contributed by atoms with van der Waals surface area (Å²) in [4.78, 5) is 21.0. The molecule has 2 aromatic carbocycles. The molecular formula is C25H30ClN3OS. The standard InChI is InChI=1S/C25H30ClN3OS/c1-17-7-5-8-18(2)29(17)16-6-15-27-25(30)23-24(21-9-3-4-10-22(21)28-23)31-20-13-11-19(26)12-14-20/h3-4,9-14,17-18,28H,5-8,15-16H2,1-2H3,(H,27,30)/t17-,18-/m0/s1. The maximum absolute atomic E-state index is 13.1. The van der Waals surface area contributed by atoms with Crippen LogP contribution in [0.3, 0.4) is 0 Å². The average Bonchev–Trinajstić information content (AvgIpc) is 3.13. The molecule has 1 fully saturated rings. The summed E-state index contributed by atoms with van der Waals surface area (Å²) in [6.45, 7) is 6.34. The Morgan fingerprint density at radius 3 is 2.58 bits per heavy atom. The van der Waals surface area contributed by atoms with E-state index in [9.17, 15) is 4.79 Å². The molecule has 0 unspecified atom stereocenters. The summed E-state index contributed by atoms with van der Waals surface area (Å²) in [7, 11) is 0. The second kappa shape index (κ2) is 10.1. The Labute approximate surface area is 193 Å². The molecule has 3 aromatic rings. The van der Waals surface area contributed by atoms with Gasteiger partial charge in [0.1, 0.15) is 5.69 Å². The highest BCUT2D eigenvalue weighted by Crippen LogP contribution is 2.37. The summed E-state index contributed by atoms with van der Waals surface area (Å²) in [5.74, 6) is -0.0487. The smallest absolute Gasteiger partial charge is 0.268 e. The summed E-state index contributed by atoms with van der Waals surface area (Å²) >= 11 is 7.62. The minimum absolute atomic E-state index is 0.0487.